The zero-order chi connectivity index (χ0) is 30.9. The Balaban J connectivity index is 2.18. The van der Waals surface area contributed by atoms with Crippen LogP contribution in [0.25, 0.3) is 0 Å². The predicted octanol–water partition coefficient (Wildman–Crippen LogP) is 4.34. The van der Waals surface area contributed by atoms with E-state index in [1.165, 1.54) is 12.2 Å². The van der Waals surface area contributed by atoms with Gasteiger partial charge in [-0.1, -0.05) is 92.3 Å². The Labute approximate surface area is 252 Å². The second-order valence-corrected chi connectivity index (χ2v) is 11.2. The van der Waals surface area contributed by atoms with Crippen LogP contribution in [0.4, 0.5) is 4.79 Å². The van der Waals surface area contributed by atoms with Gasteiger partial charge in [-0.2, -0.15) is 0 Å². The lowest BCUT2D eigenvalue weighted by Gasteiger charge is -2.25. The second kappa shape index (κ2) is 18.5. The quantitative estimate of drug-likeness (QED) is 0.182. The number of nitrogens with one attached hydrogen (secondary N) is 2. The van der Waals surface area contributed by atoms with Crippen LogP contribution in [0.3, 0.4) is 0 Å². The monoisotopic (exact) mass is 595 g/mol. The number of thioether (sulfide) groups is 1. The number of Topliss-reactive ketones (excluding diaryl/α,β-unsaturated/α-hetero) is 1. The molecule has 0 saturated heterocycles. The van der Waals surface area contributed by atoms with Crippen molar-refractivity contribution in [3.05, 3.63) is 83.9 Å². The lowest BCUT2D eigenvalue weighted by Crippen LogP contribution is -2.46. The molecular formula is C32H41N3O6S. The summed E-state index contributed by atoms with van der Waals surface area (Å²) in [5, 5.41) is 5.39. The summed E-state index contributed by atoms with van der Waals surface area (Å²) in [7, 11) is 0. The van der Waals surface area contributed by atoms with E-state index >= 15 is 0 Å². The molecule has 0 aliphatic carbocycles. The molecule has 4 N–H and O–H groups in total. The van der Waals surface area contributed by atoms with Crippen LogP contribution in [0.1, 0.15) is 51.2 Å². The van der Waals surface area contributed by atoms with Crippen LogP contribution in [0, 0.1) is 11.8 Å². The normalized spacial score (nSPS) is 13.2. The number of carbonyl (C=O) groups is 5. The first kappa shape index (κ1) is 34.3. The summed E-state index contributed by atoms with van der Waals surface area (Å²) in [4.78, 5) is 63.1. The van der Waals surface area contributed by atoms with Gasteiger partial charge in [0.15, 0.2) is 5.78 Å². The third kappa shape index (κ3) is 13.2. The van der Waals surface area contributed by atoms with Crippen LogP contribution < -0.4 is 16.4 Å². The number of ketones is 1. The van der Waals surface area contributed by atoms with Crippen molar-refractivity contribution in [2.45, 2.75) is 64.3 Å². The first-order valence-electron chi connectivity index (χ1n) is 14.1. The molecule has 0 aromatic heterocycles. The average Bonchev–Trinajstić information content (AvgIpc) is 2.96. The molecular weight excluding hydrogens is 554 g/mol. The summed E-state index contributed by atoms with van der Waals surface area (Å²) in [6.45, 7) is 5.56. The molecule has 42 heavy (non-hydrogen) atoms. The number of hydrogen-bond acceptors (Lipinski definition) is 7. The van der Waals surface area contributed by atoms with E-state index in [-0.39, 0.29) is 49.2 Å². The third-order valence-electron chi connectivity index (χ3n) is 6.42. The van der Waals surface area contributed by atoms with Crippen LogP contribution in [-0.4, -0.2) is 47.5 Å². The summed E-state index contributed by atoms with van der Waals surface area (Å²) in [6, 6.07) is 17.4. The zero-order valence-corrected chi connectivity index (χ0v) is 25.2. The van der Waals surface area contributed by atoms with Gasteiger partial charge in [-0.3, -0.25) is 19.2 Å². The molecule has 2 rings (SSSR count). The molecule has 0 spiro atoms. The number of amides is 3. The number of rotatable bonds is 17. The average molecular weight is 596 g/mol. The Morgan fingerprint density at radius 1 is 0.929 bits per heavy atom. The Morgan fingerprint density at radius 3 is 2.12 bits per heavy atom. The van der Waals surface area contributed by atoms with Crippen molar-refractivity contribution >= 4 is 40.6 Å². The van der Waals surface area contributed by atoms with Gasteiger partial charge in [0.2, 0.25) is 11.8 Å². The van der Waals surface area contributed by atoms with Gasteiger partial charge in [-0.25, -0.2) is 4.79 Å². The summed E-state index contributed by atoms with van der Waals surface area (Å²) in [6.07, 6.45) is 2.99. The topological polar surface area (TPSA) is 145 Å². The Hall–Kier alpha value is -3.92. The molecule has 0 aliphatic heterocycles. The zero-order valence-electron chi connectivity index (χ0n) is 24.4. The van der Waals surface area contributed by atoms with Gasteiger partial charge < -0.3 is 21.1 Å². The summed E-state index contributed by atoms with van der Waals surface area (Å²) >= 11 is 1.08. The van der Waals surface area contributed by atoms with Crippen molar-refractivity contribution in [1.29, 1.82) is 0 Å². The Bertz CT molecular complexity index is 1200. The van der Waals surface area contributed by atoms with Crippen molar-refractivity contribution in [2.24, 2.45) is 17.6 Å². The van der Waals surface area contributed by atoms with Crippen LogP contribution in [0.5, 0.6) is 0 Å². The van der Waals surface area contributed by atoms with Crippen LogP contribution in [-0.2, 0) is 36.1 Å². The maximum atomic E-state index is 13.6. The first-order chi connectivity index (χ1) is 20.1. The maximum absolute atomic E-state index is 13.6. The van der Waals surface area contributed by atoms with Gasteiger partial charge in [0.1, 0.15) is 0 Å². The highest BCUT2D eigenvalue weighted by Crippen LogP contribution is 2.19. The molecule has 0 heterocycles. The molecule has 0 fully saturated rings. The number of hydrogen-bond donors (Lipinski definition) is 3. The summed E-state index contributed by atoms with van der Waals surface area (Å²) < 4.78 is 4.91. The fraction of sp³-hybridized carbons (Fsp3) is 0.406. The molecule has 0 aliphatic rings. The largest absolute Gasteiger partial charge is 0.463 e. The maximum Gasteiger partial charge on any atom is 0.330 e. The van der Waals surface area contributed by atoms with Gasteiger partial charge in [-0.05, 0) is 36.8 Å². The lowest BCUT2D eigenvalue weighted by atomic mass is 9.88. The predicted molar refractivity (Wildman–Crippen MR) is 164 cm³/mol. The number of nitrogens with two attached hydrogens (primary N) is 1. The number of benzene rings is 2. The van der Waals surface area contributed by atoms with Gasteiger partial charge in [0, 0.05) is 36.6 Å². The van der Waals surface area contributed by atoms with E-state index in [1.54, 1.807) is 6.92 Å². The van der Waals surface area contributed by atoms with E-state index in [9.17, 15) is 24.0 Å². The molecule has 2 aromatic rings. The molecule has 3 atom stereocenters. The van der Waals surface area contributed by atoms with Crippen LogP contribution in [0.2, 0.25) is 0 Å². The highest BCUT2D eigenvalue weighted by atomic mass is 32.2. The van der Waals surface area contributed by atoms with Crippen molar-refractivity contribution in [3.8, 4) is 0 Å². The van der Waals surface area contributed by atoms with Gasteiger partial charge in [0.05, 0.1) is 12.6 Å². The molecule has 3 amide bonds. The Morgan fingerprint density at radius 2 is 1.55 bits per heavy atom. The van der Waals surface area contributed by atoms with E-state index in [1.807, 2.05) is 74.5 Å². The highest BCUT2D eigenvalue weighted by molar-refractivity contribution is 8.12. The van der Waals surface area contributed by atoms with Gasteiger partial charge in [0.25, 0.3) is 5.24 Å². The fourth-order valence-corrected chi connectivity index (χ4v) is 4.94. The summed E-state index contributed by atoms with van der Waals surface area (Å²) in [5.74, 6) is -2.29. The van der Waals surface area contributed by atoms with Crippen LogP contribution in [0.15, 0.2) is 72.8 Å². The highest BCUT2D eigenvalue weighted by Gasteiger charge is 2.30. The molecule has 0 saturated carbocycles. The number of carbonyl (C=O) groups excluding carboxylic acids is 5. The number of ether oxygens (including phenoxy) is 1. The van der Waals surface area contributed by atoms with E-state index in [4.69, 9.17) is 10.5 Å². The van der Waals surface area contributed by atoms with E-state index in [2.05, 4.69) is 10.6 Å². The molecule has 3 unspecified atom stereocenters. The van der Waals surface area contributed by atoms with Crippen molar-refractivity contribution < 1.29 is 28.7 Å². The van der Waals surface area contributed by atoms with Crippen LogP contribution >= 0.6 is 11.8 Å². The molecule has 0 bridgehead atoms. The number of esters is 1. The summed E-state index contributed by atoms with van der Waals surface area (Å²) in [5.41, 5.74) is 7.17. The van der Waals surface area contributed by atoms with E-state index < -0.39 is 35.8 Å². The minimum Gasteiger partial charge on any atom is -0.463 e. The number of primary amides is 1. The van der Waals surface area contributed by atoms with Crippen molar-refractivity contribution in [1.82, 2.24) is 10.6 Å². The first-order valence-corrected chi connectivity index (χ1v) is 15.0. The third-order valence-corrected chi connectivity index (χ3v) is 7.28. The Kier molecular flexibility index (Phi) is 15.1. The standard InChI is InChI=1S/C32H41N3O6S/c1-4-41-29(38)18-16-26(15-17-28(33)37)34-31(39)25(19-23-11-7-5-8-12-23)20-27(36)30(22(2)3)35-32(40)42-21-24-13-9-6-10-14-24/h5-14,16,18,22,25-26,30H,4,15,17,19-21H2,1-3H3,(H2,33,37)(H,34,39)(H,35,40). The molecule has 10 heteroatoms. The van der Waals surface area contributed by atoms with Crippen molar-refractivity contribution in [3.63, 3.8) is 0 Å². The SMILES string of the molecule is CCOC(=O)C=CC(CCC(N)=O)NC(=O)C(CC(=O)C(NC(=O)SCc1ccccc1)C(C)C)Cc1ccccc1. The smallest absolute Gasteiger partial charge is 0.330 e. The van der Waals surface area contributed by atoms with Gasteiger partial charge >= 0.3 is 5.97 Å². The fourth-order valence-electron chi connectivity index (χ4n) is 4.24. The van der Waals surface area contributed by atoms with Crippen molar-refractivity contribution in [2.75, 3.05) is 6.61 Å². The molecule has 2 aromatic carbocycles. The molecule has 9 nitrogen and oxygen atoms in total. The van der Waals surface area contributed by atoms with Gasteiger partial charge in [-0.15, -0.1) is 0 Å². The minimum atomic E-state index is -0.777. The second-order valence-electron chi connectivity index (χ2n) is 10.2. The minimum absolute atomic E-state index is 0.0114. The molecule has 0 radical (unpaired) electrons. The lowest BCUT2D eigenvalue weighted by molar-refractivity contribution is -0.137. The molecule has 226 valence electrons. The van der Waals surface area contributed by atoms with E-state index in [0.29, 0.717) is 5.75 Å². The van der Waals surface area contributed by atoms with E-state index in [0.717, 1.165) is 22.9 Å².